The number of aryl methyl sites for hydroxylation is 1. The zero-order valence-corrected chi connectivity index (χ0v) is 13.4. The second kappa shape index (κ2) is 9.03. The second-order valence-electron chi connectivity index (χ2n) is 5.49. The lowest BCUT2D eigenvalue weighted by molar-refractivity contribution is 0.0812. The topological polar surface area (TPSA) is 61.7 Å². The lowest BCUT2D eigenvalue weighted by Crippen LogP contribution is -2.50. The number of ether oxygens (including phenoxy) is 1. The maximum absolute atomic E-state index is 10.0. The number of benzene rings is 1. The average Bonchev–Trinajstić information content (AvgIpc) is 2.55. The molecule has 21 heavy (non-hydrogen) atoms. The Morgan fingerprint density at radius 1 is 1.24 bits per heavy atom. The molecule has 0 fully saturated rings. The van der Waals surface area contributed by atoms with Gasteiger partial charge in [-0.25, -0.2) is 0 Å². The van der Waals surface area contributed by atoms with Crippen LogP contribution in [0.25, 0.3) is 0 Å². The summed E-state index contributed by atoms with van der Waals surface area (Å²) < 4.78 is 5.62. The minimum Gasteiger partial charge on any atom is -0.491 e. The fourth-order valence-electron chi connectivity index (χ4n) is 2.22. The number of aliphatic hydroxyl groups is 2. The van der Waals surface area contributed by atoms with Crippen LogP contribution in [-0.4, -0.2) is 41.6 Å². The van der Waals surface area contributed by atoms with Crippen LogP contribution in [0.2, 0.25) is 0 Å². The van der Waals surface area contributed by atoms with Crippen LogP contribution in [0, 0.1) is 0 Å². The minimum atomic E-state index is -0.598. The number of hydrogen-bond acceptors (Lipinski definition) is 4. The third-order valence-corrected chi connectivity index (χ3v) is 4.12. The quantitative estimate of drug-likeness (QED) is 0.619. The highest BCUT2D eigenvalue weighted by atomic mass is 16.5. The Kier molecular flexibility index (Phi) is 7.72. The van der Waals surface area contributed by atoms with Crippen LogP contribution < -0.4 is 10.1 Å². The van der Waals surface area contributed by atoms with E-state index in [0.717, 1.165) is 25.0 Å². The van der Waals surface area contributed by atoms with E-state index in [-0.39, 0.29) is 18.8 Å². The van der Waals surface area contributed by atoms with Crippen molar-refractivity contribution >= 4 is 0 Å². The van der Waals surface area contributed by atoms with E-state index in [4.69, 9.17) is 4.74 Å². The van der Waals surface area contributed by atoms with Crippen molar-refractivity contribution in [2.45, 2.75) is 51.7 Å². The maximum Gasteiger partial charge on any atom is 0.119 e. The molecule has 0 bridgehead atoms. The van der Waals surface area contributed by atoms with Gasteiger partial charge in [-0.15, -0.1) is 0 Å². The van der Waals surface area contributed by atoms with Gasteiger partial charge < -0.3 is 20.3 Å². The van der Waals surface area contributed by atoms with Gasteiger partial charge in [0.25, 0.3) is 0 Å². The smallest absolute Gasteiger partial charge is 0.119 e. The monoisotopic (exact) mass is 295 g/mol. The molecule has 1 aromatic carbocycles. The number of β-amino-alcohol motifs (C(OH)–C–C–N with tert-alkyl or cyclic N) is 1. The fourth-order valence-corrected chi connectivity index (χ4v) is 2.22. The van der Waals surface area contributed by atoms with E-state index in [1.807, 2.05) is 32.0 Å². The molecule has 0 radical (unpaired) electrons. The zero-order chi connectivity index (χ0) is 15.7. The number of hydrogen-bond donors (Lipinski definition) is 3. The van der Waals surface area contributed by atoms with Gasteiger partial charge in [0.15, 0.2) is 0 Å². The first kappa shape index (κ1) is 18.0. The lowest BCUT2D eigenvalue weighted by Gasteiger charge is -2.32. The first-order valence-electron chi connectivity index (χ1n) is 7.84. The molecule has 0 saturated carbocycles. The molecular formula is C17H29NO3. The molecule has 0 amide bonds. The molecule has 1 atom stereocenters. The van der Waals surface area contributed by atoms with Gasteiger partial charge in [0.1, 0.15) is 18.5 Å². The van der Waals surface area contributed by atoms with Crippen LogP contribution in [-0.2, 0) is 6.42 Å². The Morgan fingerprint density at radius 2 is 1.95 bits per heavy atom. The van der Waals surface area contributed by atoms with E-state index in [0.29, 0.717) is 6.54 Å². The Morgan fingerprint density at radius 3 is 2.52 bits per heavy atom. The molecule has 0 aliphatic heterocycles. The molecule has 0 aliphatic carbocycles. The Hall–Kier alpha value is -1.10. The molecule has 1 unspecified atom stereocenters. The molecule has 0 spiro atoms. The summed E-state index contributed by atoms with van der Waals surface area (Å²) in [5.74, 6) is 0.785. The van der Waals surface area contributed by atoms with Gasteiger partial charge in [0.05, 0.1) is 6.61 Å². The molecule has 4 nitrogen and oxygen atoms in total. The first-order valence-corrected chi connectivity index (χ1v) is 7.84. The van der Waals surface area contributed by atoms with Crippen molar-refractivity contribution < 1.29 is 14.9 Å². The van der Waals surface area contributed by atoms with Gasteiger partial charge in [-0.3, -0.25) is 0 Å². The number of aliphatic hydroxyl groups excluding tert-OH is 2. The Labute approximate surface area is 128 Å². The standard InChI is InChI=1S/C17H29NO3/c1-4-14-8-7-9-16(10-14)21-12-15(20)11-18-17(5-2,6-3)13-19/h7-10,15,18-20H,4-6,11-13H2,1-3H3. The predicted octanol–water partition coefficient (Wildman–Crippen LogP) is 2.13. The molecule has 0 saturated heterocycles. The van der Waals surface area contributed by atoms with E-state index in [2.05, 4.69) is 18.3 Å². The summed E-state index contributed by atoms with van der Waals surface area (Å²) in [6.45, 7) is 6.90. The third-order valence-electron chi connectivity index (χ3n) is 4.12. The summed E-state index contributed by atoms with van der Waals surface area (Å²) in [4.78, 5) is 0. The van der Waals surface area contributed by atoms with Crippen molar-refractivity contribution in [2.24, 2.45) is 0 Å². The van der Waals surface area contributed by atoms with E-state index in [9.17, 15) is 10.2 Å². The van der Waals surface area contributed by atoms with Crippen LogP contribution in [0.15, 0.2) is 24.3 Å². The second-order valence-corrected chi connectivity index (χ2v) is 5.49. The first-order chi connectivity index (χ1) is 10.1. The lowest BCUT2D eigenvalue weighted by atomic mass is 9.94. The van der Waals surface area contributed by atoms with Gasteiger partial charge in [-0.2, -0.15) is 0 Å². The summed E-state index contributed by atoms with van der Waals surface area (Å²) in [6, 6.07) is 7.92. The highest BCUT2D eigenvalue weighted by Gasteiger charge is 2.25. The van der Waals surface area contributed by atoms with Gasteiger partial charge in [-0.05, 0) is 37.0 Å². The van der Waals surface area contributed by atoms with E-state index >= 15 is 0 Å². The van der Waals surface area contributed by atoms with Crippen molar-refractivity contribution in [1.29, 1.82) is 0 Å². The van der Waals surface area contributed by atoms with Crippen molar-refractivity contribution in [3.8, 4) is 5.75 Å². The summed E-state index contributed by atoms with van der Waals surface area (Å²) in [5, 5.41) is 22.8. The molecule has 0 aliphatic rings. The molecule has 4 heteroatoms. The van der Waals surface area contributed by atoms with E-state index < -0.39 is 6.10 Å². The number of rotatable bonds is 10. The molecule has 1 rings (SSSR count). The van der Waals surface area contributed by atoms with Crippen molar-refractivity contribution in [1.82, 2.24) is 5.32 Å². The molecular weight excluding hydrogens is 266 g/mol. The molecule has 3 N–H and O–H groups in total. The fraction of sp³-hybridized carbons (Fsp3) is 0.647. The van der Waals surface area contributed by atoms with Gasteiger partial charge in [0, 0.05) is 12.1 Å². The van der Waals surface area contributed by atoms with Gasteiger partial charge >= 0.3 is 0 Å². The highest BCUT2D eigenvalue weighted by molar-refractivity contribution is 5.28. The summed E-state index contributed by atoms with van der Waals surface area (Å²) in [7, 11) is 0. The number of nitrogens with one attached hydrogen (secondary N) is 1. The van der Waals surface area contributed by atoms with Gasteiger partial charge in [0.2, 0.25) is 0 Å². The van der Waals surface area contributed by atoms with Crippen LogP contribution >= 0.6 is 0 Å². The summed E-state index contributed by atoms with van der Waals surface area (Å²) in [6.07, 6.45) is 2.02. The summed E-state index contributed by atoms with van der Waals surface area (Å²) >= 11 is 0. The van der Waals surface area contributed by atoms with Crippen LogP contribution in [0.5, 0.6) is 5.75 Å². The van der Waals surface area contributed by atoms with Crippen molar-refractivity contribution in [3.63, 3.8) is 0 Å². The largest absolute Gasteiger partial charge is 0.491 e. The molecule has 0 aromatic heterocycles. The average molecular weight is 295 g/mol. The molecule has 1 aromatic rings. The van der Waals surface area contributed by atoms with Crippen molar-refractivity contribution in [2.75, 3.05) is 19.8 Å². The van der Waals surface area contributed by atoms with Gasteiger partial charge in [-0.1, -0.05) is 32.9 Å². The molecule has 120 valence electrons. The predicted molar refractivity (Wildman–Crippen MR) is 85.7 cm³/mol. The summed E-state index contributed by atoms with van der Waals surface area (Å²) in [5.41, 5.74) is 0.916. The normalized spacial score (nSPS) is 13.2. The van der Waals surface area contributed by atoms with Crippen LogP contribution in [0.4, 0.5) is 0 Å². The van der Waals surface area contributed by atoms with Crippen molar-refractivity contribution in [3.05, 3.63) is 29.8 Å². The third kappa shape index (κ3) is 5.65. The Balaban J connectivity index is 2.41. The minimum absolute atomic E-state index is 0.0755. The van der Waals surface area contributed by atoms with E-state index in [1.165, 1.54) is 5.56 Å². The molecule has 0 heterocycles. The van der Waals surface area contributed by atoms with Crippen LogP contribution in [0.3, 0.4) is 0 Å². The highest BCUT2D eigenvalue weighted by Crippen LogP contribution is 2.15. The Bertz CT molecular complexity index is 397. The zero-order valence-electron chi connectivity index (χ0n) is 13.4. The maximum atomic E-state index is 10.0. The van der Waals surface area contributed by atoms with Crippen LogP contribution in [0.1, 0.15) is 39.2 Å². The SMILES string of the molecule is CCc1cccc(OCC(O)CNC(CC)(CC)CO)c1. The van der Waals surface area contributed by atoms with E-state index in [1.54, 1.807) is 0 Å².